The molecule has 1 saturated heterocycles. The van der Waals surface area contributed by atoms with Crippen LogP contribution in [0.5, 0.6) is 0 Å². The molecule has 142 valence electrons. The molecule has 0 saturated carbocycles. The van der Waals surface area contributed by atoms with Crippen molar-refractivity contribution in [2.45, 2.75) is 13.0 Å². The molecule has 2 aromatic rings. The van der Waals surface area contributed by atoms with Crippen LogP contribution in [0.25, 0.3) is 0 Å². The number of hydrogen-bond donors (Lipinski definition) is 1. The van der Waals surface area contributed by atoms with Crippen molar-refractivity contribution in [1.82, 2.24) is 4.90 Å². The third-order valence-electron chi connectivity index (χ3n) is 4.40. The summed E-state index contributed by atoms with van der Waals surface area (Å²) in [6.45, 7) is 0.799. The first kappa shape index (κ1) is 19.6. The molecular formula is C19H17BrClFN2O3. The normalized spacial score (nSPS) is 17.3. The summed E-state index contributed by atoms with van der Waals surface area (Å²) < 4.78 is 14.2. The Kier molecular flexibility index (Phi) is 6.01. The van der Waals surface area contributed by atoms with Gasteiger partial charge in [0.05, 0.1) is 6.42 Å². The van der Waals surface area contributed by atoms with E-state index in [2.05, 4.69) is 15.9 Å². The van der Waals surface area contributed by atoms with Crippen molar-refractivity contribution >= 4 is 45.2 Å². The number of urea groups is 1. The molecule has 0 aromatic heterocycles. The molecule has 1 fully saturated rings. The largest absolute Gasteiger partial charge is 0.481 e. The minimum Gasteiger partial charge on any atom is -0.481 e. The zero-order valence-electron chi connectivity index (χ0n) is 14.2. The maximum absolute atomic E-state index is 13.3. The Morgan fingerprint density at radius 1 is 1.22 bits per heavy atom. The van der Waals surface area contributed by atoms with Crippen LogP contribution in [0.3, 0.4) is 0 Å². The number of nitrogens with zero attached hydrogens (tertiary/aromatic N) is 2. The second-order valence-electron chi connectivity index (χ2n) is 6.45. The van der Waals surface area contributed by atoms with E-state index in [1.807, 2.05) is 12.1 Å². The van der Waals surface area contributed by atoms with E-state index in [-0.39, 0.29) is 29.9 Å². The molecule has 3 rings (SSSR count). The minimum absolute atomic E-state index is 0.0477. The summed E-state index contributed by atoms with van der Waals surface area (Å²) in [5, 5.41) is 9.42. The summed E-state index contributed by atoms with van der Waals surface area (Å²) in [4.78, 5) is 27.3. The molecule has 1 heterocycles. The molecule has 0 spiro atoms. The molecular weight excluding hydrogens is 439 g/mol. The summed E-state index contributed by atoms with van der Waals surface area (Å²) in [6.07, 6.45) is -0.0477. The molecule has 1 N–H and O–H groups in total. The van der Waals surface area contributed by atoms with Gasteiger partial charge in [-0.05, 0) is 42.0 Å². The SMILES string of the molecule is O=C(O)CC1CN(Cc2ccc(F)cc2Cl)C(=O)N(c2ccc(Br)cc2)C1. The van der Waals surface area contributed by atoms with E-state index in [4.69, 9.17) is 11.6 Å². The van der Waals surface area contributed by atoms with Crippen molar-refractivity contribution in [2.75, 3.05) is 18.0 Å². The van der Waals surface area contributed by atoms with E-state index < -0.39 is 11.8 Å². The first-order chi connectivity index (χ1) is 12.8. The van der Waals surface area contributed by atoms with Crippen LogP contribution in [0.4, 0.5) is 14.9 Å². The number of hydrogen-bond acceptors (Lipinski definition) is 2. The average Bonchev–Trinajstić information content (AvgIpc) is 2.60. The van der Waals surface area contributed by atoms with Crippen LogP contribution in [0, 0.1) is 11.7 Å². The second kappa shape index (κ2) is 8.27. The second-order valence-corrected chi connectivity index (χ2v) is 7.77. The Hall–Kier alpha value is -2.12. The van der Waals surface area contributed by atoms with Gasteiger partial charge in [-0.25, -0.2) is 9.18 Å². The number of benzene rings is 2. The summed E-state index contributed by atoms with van der Waals surface area (Å²) in [6, 6.07) is 11.0. The molecule has 1 unspecified atom stereocenters. The number of carboxylic acids is 1. The van der Waals surface area contributed by atoms with Gasteiger partial charge in [-0.15, -0.1) is 0 Å². The van der Waals surface area contributed by atoms with Crippen LogP contribution in [0.1, 0.15) is 12.0 Å². The molecule has 0 bridgehead atoms. The lowest BCUT2D eigenvalue weighted by atomic mass is 10.0. The number of carboxylic acid groups (broad SMARTS) is 1. The Balaban J connectivity index is 1.87. The number of rotatable bonds is 5. The number of carbonyl (C=O) groups excluding carboxylic acids is 1. The highest BCUT2D eigenvalue weighted by atomic mass is 79.9. The summed E-state index contributed by atoms with van der Waals surface area (Å²) in [5.74, 6) is -1.60. The highest BCUT2D eigenvalue weighted by Gasteiger charge is 2.34. The molecule has 1 atom stereocenters. The van der Waals surface area contributed by atoms with E-state index in [1.165, 1.54) is 18.2 Å². The summed E-state index contributed by atoms with van der Waals surface area (Å²) in [7, 11) is 0. The van der Waals surface area contributed by atoms with Crippen LogP contribution in [0.2, 0.25) is 5.02 Å². The van der Waals surface area contributed by atoms with Gasteiger partial charge < -0.3 is 10.0 Å². The first-order valence-electron chi connectivity index (χ1n) is 8.31. The van der Waals surface area contributed by atoms with Gasteiger partial charge in [-0.3, -0.25) is 9.69 Å². The van der Waals surface area contributed by atoms with Gasteiger partial charge in [-0.1, -0.05) is 33.6 Å². The van der Waals surface area contributed by atoms with E-state index in [1.54, 1.807) is 21.9 Å². The van der Waals surface area contributed by atoms with Gasteiger partial charge in [0.25, 0.3) is 0 Å². The lowest BCUT2D eigenvalue weighted by molar-refractivity contribution is -0.138. The number of anilines is 1. The quantitative estimate of drug-likeness (QED) is 0.706. The molecule has 2 amide bonds. The van der Waals surface area contributed by atoms with Crippen LogP contribution in [0.15, 0.2) is 46.9 Å². The van der Waals surface area contributed by atoms with Crippen LogP contribution < -0.4 is 4.90 Å². The van der Waals surface area contributed by atoms with Crippen molar-refractivity contribution in [3.8, 4) is 0 Å². The van der Waals surface area contributed by atoms with Crippen molar-refractivity contribution in [2.24, 2.45) is 5.92 Å². The Morgan fingerprint density at radius 2 is 1.93 bits per heavy atom. The number of carbonyl (C=O) groups is 2. The van der Waals surface area contributed by atoms with Gasteiger partial charge in [0.1, 0.15) is 5.82 Å². The average molecular weight is 456 g/mol. The Labute approximate surface area is 169 Å². The Morgan fingerprint density at radius 3 is 2.56 bits per heavy atom. The maximum Gasteiger partial charge on any atom is 0.324 e. The van der Waals surface area contributed by atoms with Crippen LogP contribution in [-0.4, -0.2) is 35.1 Å². The molecule has 0 radical (unpaired) electrons. The van der Waals surface area contributed by atoms with Gasteiger partial charge in [0.15, 0.2) is 0 Å². The van der Waals surface area contributed by atoms with Crippen LogP contribution in [-0.2, 0) is 11.3 Å². The molecule has 0 aliphatic carbocycles. The molecule has 2 aromatic carbocycles. The predicted octanol–water partition coefficient (Wildman–Crippen LogP) is 4.77. The zero-order chi connectivity index (χ0) is 19.6. The highest BCUT2D eigenvalue weighted by molar-refractivity contribution is 9.10. The third-order valence-corrected chi connectivity index (χ3v) is 5.28. The topological polar surface area (TPSA) is 60.9 Å². The van der Waals surface area contributed by atoms with Gasteiger partial charge in [0.2, 0.25) is 0 Å². The monoisotopic (exact) mass is 454 g/mol. The van der Waals surface area contributed by atoms with Crippen molar-refractivity contribution in [3.63, 3.8) is 0 Å². The molecule has 1 aliphatic heterocycles. The van der Waals surface area contributed by atoms with E-state index in [9.17, 15) is 19.1 Å². The van der Waals surface area contributed by atoms with Crippen LogP contribution >= 0.6 is 27.5 Å². The number of amides is 2. The predicted molar refractivity (Wildman–Crippen MR) is 104 cm³/mol. The van der Waals surface area contributed by atoms with Crippen molar-refractivity contribution in [1.29, 1.82) is 0 Å². The van der Waals surface area contributed by atoms with Crippen molar-refractivity contribution < 1.29 is 19.1 Å². The first-order valence-corrected chi connectivity index (χ1v) is 9.48. The van der Waals surface area contributed by atoms with Gasteiger partial charge in [0, 0.05) is 40.7 Å². The maximum atomic E-state index is 13.3. The standard InChI is InChI=1S/C19H17BrClFN2O3/c20-14-2-5-16(6-3-14)24-10-12(7-18(25)26)9-23(19(24)27)11-13-1-4-15(22)8-17(13)21/h1-6,8,12H,7,9-11H2,(H,25,26). The molecule has 27 heavy (non-hydrogen) atoms. The number of halogens is 3. The van der Waals surface area contributed by atoms with Gasteiger partial charge >= 0.3 is 12.0 Å². The lowest BCUT2D eigenvalue weighted by Gasteiger charge is -2.40. The molecule has 8 heteroatoms. The molecule has 1 aliphatic rings. The lowest BCUT2D eigenvalue weighted by Crippen LogP contribution is -2.53. The van der Waals surface area contributed by atoms with E-state index in [0.717, 1.165) is 4.47 Å². The van der Waals surface area contributed by atoms with E-state index >= 15 is 0 Å². The number of aliphatic carboxylic acids is 1. The Bertz CT molecular complexity index is 863. The van der Waals surface area contributed by atoms with Crippen molar-refractivity contribution in [3.05, 3.63) is 63.3 Å². The zero-order valence-corrected chi connectivity index (χ0v) is 16.6. The minimum atomic E-state index is -0.912. The fourth-order valence-electron chi connectivity index (χ4n) is 3.16. The highest BCUT2D eigenvalue weighted by Crippen LogP contribution is 2.28. The summed E-state index contributed by atoms with van der Waals surface area (Å²) >= 11 is 9.46. The molecule has 5 nitrogen and oxygen atoms in total. The smallest absolute Gasteiger partial charge is 0.324 e. The third kappa shape index (κ3) is 4.78. The summed E-state index contributed by atoms with van der Waals surface area (Å²) in [5.41, 5.74) is 1.30. The van der Waals surface area contributed by atoms with E-state index in [0.29, 0.717) is 24.3 Å². The fourth-order valence-corrected chi connectivity index (χ4v) is 3.65. The van der Waals surface area contributed by atoms with Gasteiger partial charge in [-0.2, -0.15) is 0 Å². The fraction of sp³-hybridized carbons (Fsp3) is 0.263.